The van der Waals surface area contributed by atoms with Gasteiger partial charge in [-0.1, -0.05) is 34.1 Å². The van der Waals surface area contributed by atoms with Crippen LogP contribution < -0.4 is 0 Å². The fraction of sp³-hybridized carbons (Fsp3) is 0.154. The number of halogens is 1. The van der Waals surface area contributed by atoms with Crippen LogP contribution in [0.25, 0.3) is 4.48 Å². The zero-order valence-corrected chi connectivity index (χ0v) is 11.5. The van der Waals surface area contributed by atoms with Crippen LogP contribution >= 0.6 is 15.9 Å². The fourth-order valence-corrected chi connectivity index (χ4v) is 2.82. The smallest absolute Gasteiger partial charge is 0.336 e. The molecule has 6 nitrogen and oxygen atoms in total. The highest BCUT2D eigenvalue weighted by Gasteiger charge is 2.52. The Balaban J connectivity index is 2.92. The van der Waals surface area contributed by atoms with Crippen LogP contribution in [0.15, 0.2) is 24.3 Å². The molecule has 2 rings (SSSR count). The van der Waals surface area contributed by atoms with Gasteiger partial charge in [0.1, 0.15) is 0 Å². The standard InChI is InChI=1S/C13H9BrO6/c14-8-4-5-13(11(17)18,12(19)20)9-6(8)2-1-3-7(9)10(15)16/h1-4H,5H2,(H,15,16)(H,17,18)(H,19,20). The zero-order valence-electron chi connectivity index (χ0n) is 9.96. The van der Waals surface area contributed by atoms with Gasteiger partial charge < -0.3 is 15.3 Å². The summed E-state index contributed by atoms with van der Waals surface area (Å²) in [4.78, 5) is 34.4. The molecular weight excluding hydrogens is 332 g/mol. The summed E-state index contributed by atoms with van der Waals surface area (Å²) in [5.41, 5.74) is -2.55. The van der Waals surface area contributed by atoms with Crippen LogP contribution in [-0.2, 0) is 15.0 Å². The van der Waals surface area contributed by atoms with E-state index in [0.29, 0.717) is 4.48 Å². The van der Waals surface area contributed by atoms with E-state index in [1.165, 1.54) is 24.3 Å². The summed E-state index contributed by atoms with van der Waals surface area (Å²) in [5, 5.41) is 28.0. The number of carboxylic acid groups (broad SMARTS) is 3. The lowest BCUT2D eigenvalue weighted by Crippen LogP contribution is -2.46. The second-order valence-corrected chi connectivity index (χ2v) is 5.16. The first kappa shape index (κ1) is 14.3. The SMILES string of the molecule is O=C(O)c1cccc2c1C(C(=O)O)(C(=O)O)CC=C2Br. The van der Waals surface area contributed by atoms with Gasteiger partial charge in [0.05, 0.1) is 5.56 Å². The molecule has 0 radical (unpaired) electrons. The number of carboxylic acids is 3. The van der Waals surface area contributed by atoms with Gasteiger partial charge in [0.2, 0.25) is 0 Å². The molecule has 0 saturated carbocycles. The minimum absolute atomic E-state index is 0.207. The highest BCUT2D eigenvalue weighted by atomic mass is 79.9. The highest BCUT2D eigenvalue weighted by molar-refractivity contribution is 9.15. The fourth-order valence-electron chi connectivity index (χ4n) is 2.32. The number of carbonyl (C=O) groups is 3. The number of aromatic carboxylic acids is 1. The predicted molar refractivity (Wildman–Crippen MR) is 71.9 cm³/mol. The minimum Gasteiger partial charge on any atom is -0.480 e. The summed E-state index contributed by atoms with van der Waals surface area (Å²) in [6.07, 6.45) is 1.10. The van der Waals surface area contributed by atoms with Crippen LogP contribution in [0.5, 0.6) is 0 Å². The molecule has 104 valence electrons. The van der Waals surface area contributed by atoms with Crippen LogP contribution in [0.3, 0.4) is 0 Å². The second kappa shape index (κ2) is 4.75. The molecule has 3 N–H and O–H groups in total. The maximum Gasteiger partial charge on any atom is 0.336 e. The Morgan fingerprint density at radius 1 is 1.10 bits per heavy atom. The Kier molecular flexibility index (Phi) is 3.39. The maximum atomic E-state index is 11.5. The second-order valence-electron chi connectivity index (χ2n) is 4.31. The molecule has 0 amide bonds. The van der Waals surface area contributed by atoms with Gasteiger partial charge >= 0.3 is 17.9 Å². The van der Waals surface area contributed by atoms with Crippen LogP contribution in [0.4, 0.5) is 0 Å². The van der Waals surface area contributed by atoms with Crippen molar-refractivity contribution in [2.45, 2.75) is 11.8 Å². The van der Waals surface area contributed by atoms with Crippen molar-refractivity contribution in [2.24, 2.45) is 0 Å². The van der Waals surface area contributed by atoms with Gasteiger partial charge in [-0.3, -0.25) is 9.59 Å². The van der Waals surface area contributed by atoms with Crippen molar-refractivity contribution in [3.63, 3.8) is 0 Å². The van der Waals surface area contributed by atoms with E-state index in [1.54, 1.807) is 0 Å². The first-order valence-corrected chi connectivity index (χ1v) is 6.31. The van der Waals surface area contributed by atoms with E-state index in [9.17, 15) is 29.7 Å². The van der Waals surface area contributed by atoms with E-state index in [0.717, 1.165) is 0 Å². The summed E-state index contributed by atoms with van der Waals surface area (Å²) in [6, 6.07) is 4.13. The van der Waals surface area contributed by atoms with Crippen molar-refractivity contribution < 1.29 is 29.7 Å². The Morgan fingerprint density at radius 2 is 1.70 bits per heavy atom. The summed E-state index contributed by atoms with van der Waals surface area (Å²) >= 11 is 3.20. The van der Waals surface area contributed by atoms with Gasteiger partial charge in [0.25, 0.3) is 0 Å². The van der Waals surface area contributed by atoms with E-state index < -0.39 is 23.3 Å². The van der Waals surface area contributed by atoms with Crippen molar-refractivity contribution in [1.82, 2.24) is 0 Å². The van der Waals surface area contributed by atoms with Crippen LogP contribution in [0, 0.1) is 0 Å². The number of hydrogen-bond donors (Lipinski definition) is 3. The third kappa shape index (κ3) is 1.82. The molecule has 0 aromatic heterocycles. The lowest BCUT2D eigenvalue weighted by Gasteiger charge is -2.31. The number of hydrogen-bond acceptors (Lipinski definition) is 3. The molecule has 0 fully saturated rings. The van der Waals surface area contributed by atoms with E-state index in [1.807, 2.05) is 0 Å². The molecular formula is C13H9BrO6. The molecule has 0 heterocycles. The molecule has 0 unspecified atom stereocenters. The number of benzene rings is 1. The lowest BCUT2D eigenvalue weighted by molar-refractivity contribution is -0.157. The molecule has 20 heavy (non-hydrogen) atoms. The summed E-state index contributed by atoms with van der Waals surface area (Å²) < 4.78 is 0.480. The van der Waals surface area contributed by atoms with Gasteiger partial charge in [-0.05, 0) is 18.1 Å². The molecule has 0 bridgehead atoms. The van der Waals surface area contributed by atoms with Gasteiger partial charge in [-0.25, -0.2) is 4.79 Å². The third-order valence-electron chi connectivity index (χ3n) is 3.30. The van der Waals surface area contributed by atoms with Crippen molar-refractivity contribution in [2.75, 3.05) is 0 Å². The summed E-state index contributed by atoms with van der Waals surface area (Å²) in [6.45, 7) is 0. The van der Waals surface area contributed by atoms with E-state index in [4.69, 9.17) is 0 Å². The van der Waals surface area contributed by atoms with Gasteiger partial charge in [0, 0.05) is 10.0 Å². The van der Waals surface area contributed by atoms with Crippen molar-refractivity contribution in [3.05, 3.63) is 41.0 Å². The molecule has 1 aliphatic rings. The molecule has 0 saturated heterocycles. The van der Waals surface area contributed by atoms with Crippen molar-refractivity contribution >= 4 is 38.3 Å². The molecule has 0 spiro atoms. The van der Waals surface area contributed by atoms with E-state index in [2.05, 4.69) is 15.9 Å². The molecule has 7 heteroatoms. The normalized spacial score (nSPS) is 15.9. The topological polar surface area (TPSA) is 112 Å². The summed E-state index contributed by atoms with van der Waals surface area (Å²) in [7, 11) is 0. The molecule has 1 aliphatic carbocycles. The highest BCUT2D eigenvalue weighted by Crippen LogP contribution is 2.43. The van der Waals surface area contributed by atoms with E-state index >= 15 is 0 Å². The number of fused-ring (bicyclic) bond motifs is 1. The van der Waals surface area contributed by atoms with Gasteiger partial charge in [-0.15, -0.1) is 0 Å². The Morgan fingerprint density at radius 3 is 2.20 bits per heavy atom. The largest absolute Gasteiger partial charge is 0.480 e. The number of rotatable bonds is 3. The quantitative estimate of drug-likeness (QED) is 0.725. The average molecular weight is 341 g/mol. The van der Waals surface area contributed by atoms with Crippen LogP contribution in [-0.4, -0.2) is 33.2 Å². The molecule has 0 aliphatic heterocycles. The Bertz CT molecular complexity index is 647. The monoisotopic (exact) mass is 340 g/mol. The number of aliphatic carboxylic acids is 2. The Labute approximate surface area is 121 Å². The lowest BCUT2D eigenvalue weighted by atomic mass is 9.70. The first-order valence-electron chi connectivity index (χ1n) is 5.52. The van der Waals surface area contributed by atoms with Crippen LogP contribution in [0.1, 0.15) is 27.9 Å². The molecule has 1 aromatic carbocycles. The maximum absolute atomic E-state index is 11.5. The van der Waals surface area contributed by atoms with Crippen molar-refractivity contribution in [1.29, 1.82) is 0 Å². The van der Waals surface area contributed by atoms with Gasteiger partial charge in [0.15, 0.2) is 5.41 Å². The molecule has 0 atom stereocenters. The number of allylic oxidation sites excluding steroid dienone is 1. The average Bonchev–Trinajstić information content (AvgIpc) is 2.38. The van der Waals surface area contributed by atoms with Crippen molar-refractivity contribution in [3.8, 4) is 0 Å². The van der Waals surface area contributed by atoms with E-state index in [-0.39, 0.29) is 23.1 Å². The molecule has 1 aromatic rings. The summed E-state index contributed by atoms with van der Waals surface area (Å²) in [5.74, 6) is -4.54. The zero-order chi connectivity index (χ0) is 15.1. The Hall–Kier alpha value is -2.15. The third-order valence-corrected chi connectivity index (χ3v) is 4.05. The minimum atomic E-state index is -2.29. The first-order chi connectivity index (χ1) is 9.32. The predicted octanol–water partition coefficient (Wildman–Crippen LogP) is 1.93. The van der Waals surface area contributed by atoms with Crippen LogP contribution in [0.2, 0.25) is 0 Å². The van der Waals surface area contributed by atoms with Gasteiger partial charge in [-0.2, -0.15) is 0 Å².